The van der Waals surface area contributed by atoms with Crippen LogP contribution in [0.3, 0.4) is 0 Å². The lowest BCUT2D eigenvalue weighted by Crippen LogP contribution is -2.02. The quantitative estimate of drug-likeness (QED) is 0.625. The van der Waals surface area contributed by atoms with Crippen LogP contribution in [0, 0.1) is 9.39 Å². The minimum absolute atomic E-state index is 0.235. The fraction of sp³-hybridized carbons (Fsp3) is 0.0769. The summed E-state index contributed by atoms with van der Waals surface area (Å²) >= 11 is 11.5. The molecular weight excluding hydrogens is 431 g/mol. The summed E-state index contributed by atoms with van der Waals surface area (Å²) in [6, 6.07) is 10.3. The Bertz CT molecular complexity index is 577. The van der Waals surface area contributed by atoms with Gasteiger partial charge in [-0.1, -0.05) is 27.5 Å². The molecule has 0 aliphatic rings. The fourth-order valence-corrected chi connectivity index (χ4v) is 2.95. The molecule has 5 heteroatoms. The van der Waals surface area contributed by atoms with Crippen LogP contribution in [-0.2, 0) is 6.54 Å². The van der Waals surface area contributed by atoms with Crippen molar-refractivity contribution in [3.8, 4) is 0 Å². The van der Waals surface area contributed by atoms with Crippen LogP contribution in [0.25, 0.3) is 0 Å². The molecule has 0 aromatic heterocycles. The molecule has 94 valence electrons. The molecule has 0 unspecified atom stereocenters. The maximum atomic E-state index is 13.1. The number of hydrogen-bond donors (Lipinski definition) is 1. The van der Waals surface area contributed by atoms with Gasteiger partial charge >= 0.3 is 0 Å². The summed E-state index contributed by atoms with van der Waals surface area (Å²) in [6.07, 6.45) is 0. The monoisotopic (exact) mass is 439 g/mol. The minimum Gasteiger partial charge on any atom is -0.380 e. The first-order chi connectivity index (χ1) is 8.56. The summed E-state index contributed by atoms with van der Waals surface area (Å²) in [4.78, 5) is 0. The number of nitrogens with one attached hydrogen (secondary N) is 1. The highest BCUT2D eigenvalue weighted by molar-refractivity contribution is 14.1. The second-order valence-corrected chi connectivity index (χ2v) is 6.17. The molecule has 0 saturated carbocycles. The first-order valence-electron chi connectivity index (χ1n) is 5.19. The van der Waals surface area contributed by atoms with E-state index in [4.69, 9.17) is 11.6 Å². The van der Waals surface area contributed by atoms with Gasteiger partial charge in [0.15, 0.2) is 0 Å². The molecule has 1 N–H and O–H groups in total. The highest BCUT2D eigenvalue weighted by Gasteiger charge is 2.04. The van der Waals surface area contributed by atoms with Crippen LogP contribution in [0.2, 0.25) is 5.02 Å². The summed E-state index contributed by atoms with van der Waals surface area (Å²) in [5, 5.41) is 3.97. The number of halogens is 4. The predicted octanol–water partition coefficient (Wildman–Crippen LogP) is 5.46. The Labute approximate surface area is 132 Å². The molecule has 2 aromatic rings. The van der Waals surface area contributed by atoms with Crippen molar-refractivity contribution >= 4 is 55.8 Å². The van der Waals surface area contributed by atoms with E-state index in [1.54, 1.807) is 6.07 Å². The van der Waals surface area contributed by atoms with Gasteiger partial charge in [0, 0.05) is 25.3 Å². The molecule has 1 nitrogen and oxygen atoms in total. The maximum absolute atomic E-state index is 13.1. The average molecular weight is 440 g/mol. The van der Waals surface area contributed by atoms with E-state index in [0.29, 0.717) is 11.6 Å². The Morgan fingerprint density at radius 3 is 2.72 bits per heavy atom. The number of rotatable bonds is 3. The molecule has 0 fully saturated rings. The van der Waals surface area contributed by atoms with Gasteiger partial charge in [-0.05, 0) is 64.6 Å². The zero-order valence-electron chi connectivity index (χ0n) is 9.18. The van der Waals surface area contributed by atoms with Crippen molar-refractivity contribution in [3.05, 3.63) is 60.8 Å². The van der Waals surface area contributed by atoms with Crippen LogP contribution >= 0.6 is 50.1 Å². The summed E-state index contributed by atoms with van der Waals surface area (Å²) < 4.78 is 15.1. The van der Waals surface area contributed by atoms with Gasteiger partial charge in [-0.2, -0.15) is 0 Å². The average Bonchev–Trinajstić information content (AvgIpc) is 2.32. The normalized spacial score (nSPS) is 10.4. The van der Waals surface area contributed by atoms with Crippen LogP contribution < -0.4 is 5.32 Å². The van der Waals surface area contributed by atoms with Gasteiger partial charge in [-0.15, -0.1) is 0 Å². The van der Waals surface area contributed by atoms with E-state index in [9.17, 15) is 4.39 Å². The van der Waals surface area contributed by atoms with Gasteiger partial charge in [0.25, 0.3) is 0 Å². The molecule has 0 aliphatic carbocycles. The first kappa shape index (κ1) is 14.1. The van der Waals surface area contributed by atoms with Gasteiger partial charge in [0.1, 0.15) is 5.82 Å². The van der Waals surface area contributed by atoms with E-state index in [1.165, 1.54) is 12.1 Å². The molecule has 2 aromatic carbocycles. The van der Waals surface area contributed by atoms with Gasteiger partial charge in [-0.3, -0.25) is 0 Å². The largest absolute Gasteiger partial charge is 0.380 e. The van der Waals surface area contributed by atoms with Gasteiger partial charge < -0.3 is 5.32 Å². The Morgan fingerprint density at radius 2 is 2.00 bits per heavy atom. The lowest BCUT2D eigenvalue weighted by molar-refractivity contribution is 0.625. The number of anilines is 1. The molecule has 0 aliphatic heterocycles. The predicted molar refractivity (Wildman–Crippen MR) is 85.6 cm³/mol. The molecular formula is C13H9BrClFIN. The van der Waals surface area contributed by atoms with Gasteiger partial charge in [0.05, 0.1) is 0 Å². The van der Waals surface area contributed by atoms with Gasteiger partial charge in [-0.25, -0.2) is 4.39 Å². The summed E-state index contributed by atoms with van der Waals surface area (Å²) in [6.45, 7) is 0.552. The van der Waals surface area contributed by atoms with Crippen LogP contribution in [0.1, 0.15) is 5.56 Å². The molecule has 2 rings (SSSR count). The second-order valence-electron chi connectivity index (χ2n) is 3.71. The number of hydrogen-bond acceptors (Lipinski definition) is 1. The zero-order chi connectivity index (χ0) is 13.1. The topological polar surface area (TPSA) is 12.0 Å². The van der Waals surface area contributed by atoms with E-state index in [0.717, 1.165) is 19.3 Å². The van der Waals surface area contributed by atoms with Crippen LogP contribution in [0.15, 0.2) is 40.9 Å². The zero-order valence-corrected chi connectivity index (χ0v) is 13.7. The standard InChI is InChI=1S/C13H9BrClFIN/c14-11-3-2-10(16)5-8(11)7-18-13-4-1-9(15)6-12(13)17/h1-6,18H,7H2. The Hall–Kier alpha value is -0.330. The highest BCUT2D eigenvalue weighted by atomic mass is 127. The van der Waals surface area contributed by atoms with E-state index in [2.05, 4.69) is 43.8 Å². The number of benzene rings is 2. The lowest BCUT2D eigenvalue weighted by atomic mass is 10.2. The van der Waals surface area contributed by atoms with Crippen molar-refractivity contribution in [2.75, 3.05) is 5.32 Å². The van der Waals surface area contributed by atoms with Crippen molar-refractivity contribution in [2.45, 2.75) is 6.54 Å². The molecule has 0 atom stereocenters. The summed E-state index contributed by atoms with van der Waals surface area (Å²) in [5.74, 6) is -0.235. The van der Waals surface area contributed by atoms with Crippen LogP contribution in [0.5, 0.6) is 0 Å². The summed E-state index contributed by atoms with van der Waals surface area (Å²) in [5.41, 5.74) is 1.86. The van der Waals surface area contributed by atoms with E-state index >= 15 is 0 Å². The van der Waals surface area contributed by atoms with E-state index in [-0.39, 0.29) is 5.82 Å². The smallest absolute Gasteiger partial charge is 0.123 e. The van der Waals surface area contributed by atoms with Crippen LogP contribution in [0.4, 0.5) is 10.1 Å². The van der Waals surface area contributed by atoms with E-state index < -0.39 is 0 Å². The molecule has 0 bridgehead atoms. The third-order valence-electron chi connectivity index (χ3n) is 2.41. The second kappa shape index (κ2) is 6.21. The molecule has 0 radical (unpaired) electrons. The highest BCUT2D eigenvalue weighted by Crippen LogP contribution is 2.24. The summed E-state index contributed by atoms with van der Waals surface area (Å²) in [7, 11) is 0. The maximum Gasteiger partial charge on any atom is 0.123 e. The van der Waals surface area contributed by atoms with Crippen LogP contribution in [-0.4, -0.2) is 0 Å². The van der Waals surface area contributed by atoms with Crippen molar-refractivity contribution < 1.29 is 4.39 Å². The Balaban J connectivity index is 2.13. The van der Waals surface area contributed by atoms with Crippen molar-refractivity contribution in [3.63, 3.8) is 0 Å². The molecule has 0 spiro atoms. The third kappa shape index (κ3) is 3.59. The molecule has 0 heterocycles. The molecule has 0 amide bonds. The third-order valence-corrected chi connectivity index (χ3v) is 4.31. The van der Waals surface area contributed by atoms with Crippen molar-refractivity contribution in [2.24, 2.45) is 0 Å². The lowest BCUT2D eigenvalue weighted by Gasteiger charge is -2.10. The molecule has 0 saturated heterocycles. The fourth-order valence-electron chi connectivity index (χ4n) is 1.50. The SMILES string of the molecule is Fc1ccc(Br)c(CNc2ccc(Cl)cc2I)c1. The van der Waals surface area contributed by atoms with Crippen molar-refractivity contribution in [1.82, 2.24) is 0 Å². The first-order valence-corrected chi connectivity index (χ1v) is 7.44. The van der Waals surface area contributed by atoms with E-state index in [1.807, 2.05) is 18.2 Å². The Morgan fingerprint density at radius 1 is 1.22 bits per heavy atom. The van der Waals surface area contributed by atoms with Gasteiger partial charge in [0.2, 0.25) is 0 Å². The molecule has 18 heavy (non-hydrogen) atoms. The Kier molecular flexibility index (Phi) is 4.86. The minimum atomic E-state index is -0.235. The van der Waals surface area contributed by atoms with Crippen molar-refractivity contribution in [1.29, 1.82) is 0 Å².